The van der Waals surface area contributed by atoms with Gasteiger partial charge >= 0.3 is 0 Å². The molecule has 0 spiro atoms. The molecule has 2 atom stereocenters. The van der Waals surface area contributed by atoms with Crippen molar-refractivity contribution in [3.05, 3.63) is 0 Å². The Hall–Kier alpha value is 0.460. The smallest absolute Gasteiger partial charge is 0.0362 e. The van der Waals surface area contributed by atoms with Crippen molar-refractivity contribution >= 4 is 22.6 Å². The van der Waals surface area contributed by atoms with Gasteiger partial charge in [-0.3, -0.25) is 9.11 Å². The van der Waals surface area contributed by atoms with Crippen LogP contribution in [-0.4, -0.2) is 51.8 Å². The van der Waals surface area contributed by atoms with Crippen LogP contribution < -0.4 is 0 Å². The SMILES string of the molecule is CSCCN1CCS(=O)CCC1C. The van der Waals surface area contributed by atoms with E-state index in [1.807, 2.05) is 11.8 Å². The highest BCUT2D eigenvalue weighted by atomic mass is 32.2. The molecule has 0 radical (unpaired) electrons. The first-order valence-electron chi connectivity index (χ1n) is 4.82. The molecule has 1 aliphatic heterocycles. The lowest BCUT2D eigenvalue weighted by atomic mass is 10.2. The van der Waals surface area contributed by atoms with Crippen LogP contribution in [-0.2, 0) is 10.8 Å². The topological polar surface area (TPSA) is 20.3 Å². The zero-order valence-electron chi connectivity index (χ0n) is 8.49. The Bertz CT molecular complexity index is 175. The molecule has 0 saturated carbocycles. The molecule has 1 rings (SSSR count). The fourth-order valence-corrected chi connectivity index (χ4v) is 3.23. The van der Waals surface area contributed by atoms with E-state index in [4.69, 9.17) is 0 Å². The number of rotatable bonds is 3. The summed E-state index contributed by atoms with van der Waals surface area (Å²) in [6, 6.07) is 0.624. The average Bonchev–Trinajstić information content (AvgIpc) is 2.28. The molecule has 78 valence electrons. The molecule has 2 unspecified atom stereocenters. The van der Waals surface area contributed by atoms with Crippen molar-refractivity contribution in [3.63, 3.8) is 0 Å². The summed E-state index contributed by atoms with van der Waals surface area (Å²) in [5.74, 6) is 2.96. The molecule has 0 N–H and O–H groups in total. The molecule has 1 saturated heterocycles. The van der Waals surface area contributed by atoms with Crippen LogP contribution in [0.25, 0.3) is 0 Å². The zero-order chi connectivity index (χ0) is 9.68. The lowest BCUT2D eigenvalue weighted by Crippen LogP contribution is -2.35. The summed E-state index contributed by atoms with van der Waals surface area (Å²) in [6.07, 6.45) is 3.24. The van der Waals surface area contributed by atoms with E-state index in [0.29, 0.717) is 6.04 Å². The van der Waals surface area contributed by atoms with Crippen LogP contribution in [0.4, 0.5) is 0 Å². The standard InChI is InChI=1S/C9H19NOS2/c1-9-3-7-13(11)8-5-10(9)4-6-12-2/h9H,3-8H2,1-2H3. The van der Waals surface area contributed by atoms with E-state index >= 15 is 0 Å². The van der Waals surface area contributed by atoms with Crippen molar-refractivity contribution < 1.29 is 4.21 Å². The van der Waals surface area contributed by atoms with Gasteiger partial charge in [0.25, 0.3) is 0 Å². The molecule has 1 heterocycles. The normalized spacial score (nSPS) is 31.5. The van der Waals surface area contributed by atoms with Crippen LogP contribution >= 0.6 is 11.8 Å². The van der Waals surface area contributed by atoms with Gasteiger partial charge < -0.3 is 0 Å². The van der Waals surface area contributed by atoms with Gasteiger partial charge in [-0.05, 0) is 19.6 Å². The van der Waals surface area contributed by atoms with E-state index in [1.54, 1.807) is 0 Å². The molecular formula is C9H19NOS2. The number of hydrogen-bond acceptors (Lipinski definition) is 3. The van der Waals surface area contributed by atoms with Gasteiger partial charge in [-0.25, -0.2) is 0 Å². The Balaban J connectivity index is 2.37. The summed E-state index contributed by atoms with van der Waals surface area (Å²) in [4.78, 5) is 2.47. The van der Waals surface area contributed by atoms with Gasteiger partial charge in [0.15, 0.2) is 0 Å². The van der Waals surface area contributed by atoms with Crippen LogP contribution in [0, 0.1) is 0 Å². The summed E-state index contributed by atoms with van der Waals surface area (Å²) in [5, 5.41) is 0. The summed E-state index contributed by atoms with van der Waals surface area (Å²) in [7, 11) is -0.553. The highest BCUT2D eigenvalue weighted by Crippen LogP contribution is 2.10. The van der Waals surface area contributed by atoms with Crippen molar-refractivity contribution in [1.29, 1.82) is 0 Å². The fourth-order valence-electron chi connectivity index (χ4n) is 1.57. The van der Waals surface area contributed by atoms with Crippen molar-refractivity contribution in [2.75, 3.05) is 36.6 Å². The van der Waals surface area contributed by atoms with Gasteiger partial charge in [0, 0.05) is 47.2 Å². The minimum absolute atomic E-state index is 0.553. The molecule has 0 aliphatic carbocycles. The maximum absolute atomic E-state index is 11.3. The van der Waals surface area contributed by atoms with E-state index in [0.717, 1.165) is 31.0 Å². The van der Waals surface area contributed by atoms with E-state index in [9.17, 15) is 4.21 Å². The minimum atomic E-state index is -0.553. The number of hydrogen-bond donors (Lipinski definition) is 0. The Kier molecular flexibility index (Phi) is 5.36. The Morgan fingerprint density at radius 2 is 2.31 bits per heavy atom. The third-order valence-corrected chi connectivity index (χ3v) is 4.50. The molecule has 1 aliphatic rings. The summed E-state index contributed by atoms with van der Waals surface area (Å²) < 4.78 is 11.3. The first kappa shape index (κ1) is 11.5. The first-order chi connectivity index (χ1) is 6.24. The monoisotopic (exact) mass is 221 g/mol. The van der Waals surface area contributed by atoms with Gasteiger partial charge in [0.05, 0.1) is 0 Å². The van der Waals surface area contributed by atoms with Crippen molar-refractivity contribution in [3.8, 4) is 0 Å². The molecule has 4 heteroatoms. The highest BCUT2D eigenvalue weighted by Gasteiger charge is 2.18. The van der Waals surface area contributed by atoms with Gasteiger partial charge in [-0.2, -0.15) is 11.8 Å². The van der Waals surface area contributed by atoms with Gasteiger partial charge in [-0.1, -0.05) is 0 Å². The van der Waals surface area contributed by atoms with Gasteiger partial charge in [0.2, 0.25) is 0 Å². The third kappa shape index (κ3) is 4.00. The maximum atomic E-state index is 11.3. The lowest BCUT2D eigenvalue weighted by Gasteiger charge is -2.25. The number of thioether (sulfide) groups is 1. The maximum Gasteiger partial charge on any atom is 0.0362 e. The second-order valence-corrected chi connectivity index (χ2v) is 6.20. The molecular weight excluding hydrogens is 202 g/mol. The van der Waals surface area contributed by atoms with Crippen LogP contribution in [0.2, 0.25) is 0 Å². The van der Waals surface area contributed by atoms with Crippen molar-refractivity contribution in [2.24, 2.45) is 0 Å². The van der Waals surface area contributed by atoms with E-state index in [-0.39, 0.29) is 0 Å². The predicted molar refractivity (Wildman–Crippen MR) is 61.9 cm³/mol. The van der Waals surface area contributed by atoms with Crippen molar-refractivity contribution in [2.45, 2.75) is 19.4 Å². The van der Waals surface area contributed by atoms with Gasteiger partial charge in [0.1, 0.15) is 0 Å². The third-order valence-electron chi connectivity index (χ3n) is 2.58. The molecule has 0 aromatic rings. The van der Waals surface area contributed by atoms with Crippen molar-refractivity contribution in [1.82, 2.24) is 4.90 Å². The quantitative estimate of drug-likeness (QED) is 0.714. The molecule has 13 heavy (non-hydrogen) atoms. The molecule has 0 bridgehead atoms. The molecule has 0 aromatic carbocycles. The van der Waals surface area contributed by atoms with Crippen LogP contribution in [0.15, 0.2) is 0 Å². The lowest BCUT2D eigenvalue weighted by molar-refractivity contribution is 0.235. The molecule has 2 nitrogen and oxygen atoms in total. The molecule has 0 amide bonds. The van der Waals surface area contributed by atoms with Crippen LogP contribution in [0.5, 0.6) is 0 Å². The fraction of sp³-hybridized carbons (Fsp3) is 1.00. The minimum Gasteiger partial charge on any atom is -0.299 e. The van der Waals surface area contributed by atoms with Gasteiger partial charge in [-0.15, -0.1) is 0 Å². The summed E-state index contributed by atoms with van der Waals surface area (Å²) in [5.41, 5.74) is 0. The number of nitrogens with zero attached hydrogens (tertiary/aromatic N) is 1. The molecule has 1 fully saturated rings. The summed E-state index contributed by atoms with van der Waals surface area (Å²) in [6.45, 7) is 4.43. The second kappa shape index (κ2) is 6.04. The first-order valence-corrected chi connectivity index (χ1v) is 7.70. The summed E-state index contributed by atoms with van der Waals surface area (Å²) >= 11 is 1.89. The zero-order valence-corrected chi connectivity index (χ0v) is 10.1. The van der Waals surface area contributed by atoms with E-state index in [2.05, 4.69) is 18.1 Å². The van der Waals surface area contributed by atoms with Crippen LogP contribution in [0.1, 0.15) is 13.3 Å². The Morgan fingerprint density at radius 3 is 3.00 bits per heavy atom. The largest absolute Gasteiger partial charge is 0.299 e. The Morgan fingerprint density at radius 1 is 1.54 bits per heavy atom. The predicted octanol–water partition coefficient (Wildman–Crippen LogP) is 1.19. The molecule has 0 aromatic heterocycles. The van der Waals surface area contributed by atoms with Crippen LogP contribution in [0.3, 0.4) is 0 Å². The van der Waals surface area contributed by atoms with E-state index < -0.39 is 10.8 Å². The van der Waals surface area contributed by atoms with E-state index in [1.165, 1.54) is 5.75 Å². The second-order valence-electron chi connectivity index (χ2n) is 3.51. The Labute approximate surface area is 87.9 Å². The average molecular weight is 221 g/mol. The highest BCUT2D eigenvalue weighted by molar-refractivity contribution is 7.98.